The van der Waals surface area contributed by atoms with Gasteiger partial charge in [-0.3, -0.25) is 4.79 Å². The van der Waals surface area contributed by atoms with Crippen LogP contribution >= 0.6 is 0 Å². The van der Waals surface area contributed by atoms with Crippen LogP contribution in [0, 0.1) is 0 Å². The van der Waals surface area contributed by atoms with Gasteiger partial charge < -0.3 is 10.0 Å². The first-order valence-corrected chi connectivity index (χ1v) is 6.29. The first-order chi connectivity index (χ1) is 6.43. The van der Waals surface area contributed by atoms with Crippen LogP contribution < -0.4 is 0 Å². The first-order valence-electron chi connectivity index (χ1n) is 4.47. The fourth-order valence-electron chi connectivity index (χ4n) is 1.78. The molecule has 0 aromatic heterocycles. The lowest BCUT2D eigenvalue weighted by atomic mass is 10.0. The Morgan fingerprint density at radius 1 is 1.57 bits per heavy atom. The van der Waals surface area contributed by atoms with E-state index in [9.17, 15) is 13.2 Å². The third kappa shape index (κ3) is 2.24. The zero-order valence-electron chi connectivity index (χ0n) is 8.14. The van der Waals surface area contributed by atoms with Crippen LogP contribution in [0.15, 0.2) is 0 Å². The Bertz CT molecular complexity index is 313. The molecule has 1 amide bonds. The van der Waals surface area contributed by atoms with Gasteiger partial charge in [-0.15, -0.1) is 0 Å². The summed E-state index contributed by atoms with van der Waals surface area (Å²) in [6.07, 6.45) is 1.06. The van der Waals surface area contributed by atoms with E-state index in [0.717, 1.165) is 0 Å². The van der Waals surface area contributed by atoms with Gasteiger partial charge in [0.1, 0.15) is 0 Å². The number of β-amino-alcohol motifs (C(OH)–C–C–N with tert-alkyl or cyclic N) is 1. The van der Waals surface area contributed by atoms with Gasteiger partial charge in [-0.05, 0) is 13.3 Å². The minimum atomic E-state index is -3.01. The molecule has 1 unspecified atom stereocenters. The van der Waals surface area contributed by atoms with E-state index in [2.05, 4.69) is 0 Å². The van der Waals surface area contributed by atoms with E-state index < -0.39 is 15.4 Å². The summed E-state index contributed by atoms with van der Waals surface area (Å²) in [5.41, 5.74) is -0.636. The Morgan fingerprint density at radius 3 is 2.57 bits per heavy atom. The number of hydrogen-bond donors (Lipinski definition) is 1. The molecule has 5 nitrogen and oxygen atoms in total. The number of aliphatic hydroxyl groups is 1. The van der Waals surface area contributed by atoms with E-state index in [1.807, 2.05) is 0 Å². The Kier molecular flexibility index (Phi) is 3.16. The first kappa shape index (κ1) is 11.5. The van der Waals surface area contributed by atoms with Gasteiger partial charge in [-0.25, -0.2) is 8.42 Å². The van der Waals surface area contributed by atoms with Crippen molar-refractivity contribution in [3.63, 3.8) is 0 Å². The third-order valence-electron chi connectivity index (χ3n) is 2.64. The van der Waals surface area contributed by atoms with Crippen molar-refractivity contribution >= 4 is 16.2 Å². The van der Waals surface area contributed by atoms with Crippen LogP contribution in [0.2, 0.25) is 0 Å². The second-order valence-electron chi connectivity index (χ2n) is 3.86. The summed E-state index contributed by atoms with van der Waals surface area (Å²) in [5.74, 6) is 0.123. The topological polar surface area (TPSA) is 74.7 Å². The molecule has 0 aromatic rings. The predicted molar refractivity (Wildman–Crippen MR) is 51.5 cm³/mol. The van der Waals surface area contributed by atoms with Gasteiger partial charge >= 0.3 is 0 Å². The van der Waals surface area contributed by atoms with E-state index in [4.69, 9.17) is 5.11 Å². The number of carbonyl (C=O) groups is 1. The summed E-state index contributed by atoms with van der Waals surface area (Å²) in [6, 6.07) is 0. The van der Waals surface area contributed by atoms with Crippen molar-refractivity contribution in [3.05, 3.63) is 0 Å². The quantitative estimate of drug-likeness (QED) is 0.619. The fraction of sp³-hybridized carbons (Fsp3) is 0.875. The third-order valence-corrected chi connectivity index (χ3v) is 4.53. The summed E-state index contributed by atoms with van der Waals surface area (Å²) >= 11 is 0. The number of rotatable bonds is 4. The molecular formula is C8H15NO4S. The van der Waals surface area contributed by atoms with Crippen molar-refractivity contribution in [1.29, 1.82) is 0 Å². The lowest BCUT2D eigenvalue weighted by molar-refractivity contribution is -0.123. The molecule has 1 fully saturated rings. The molecule has 0 radical (unpaired) electrons. The molecule has 1 atom stereocenters. The van der Waals surface area contributed by atoms with Crippen molar-refractivity contribution in [2.45, 2.75) is 18.9 Å². The molecule has 1 saturated heterocycles. The number of hydrogen-bond acceptors (Lipinski definition) is 4. The highest BCUT2D eigenvalue weighted by Gasteiger charge is 2.42. The molecule has 0 spiro atoms. The minimum Gasteiger partial charge on any atom is -0.395 e. The number of sulfone groups is 1. The van der Waals surface area contributed by atoms with Crippen LogP contribution in [-0.4, -0.2) is 55.0 Å². The van der Waals surface area contributed by atoms with Gasteiger partial charge in [0.05, 0.1) is 23.7 Å². The highest BCUT2D eigenvalue weighted by Crippen LogP contribution is 2.28. The average molecular weight is 221 g/mol. The largest absolute Gasteiger partial charge is 0.395 e. The number of aliphatic hydroxyl groups excluding tert-OH is 1. The van der Waals surface area contributed by atoms with Gasteiger partial charge in [-0.2, -0.15) is 0 Å². The van der Waals surface area contributed by atoms with Crippen molar-refractivity contribution in [1.82, 2.24) is 4.90 Å². The van der Waals surface area contributed by atoms with Crippen LogP contribution in [0.4, 0.5) is 0 Å². The second kappa shape index (κ2) is 3.86. The van der Waals surface area contributed by atoms with Crippen LogP contribution in [0.25, 0.3) is 0 Å². The van der Waals surface area contributed by atoms with Crippen molar-refractivity contribution in [2.75, 3.05) is 24.7 Å². The number of carbonyl (C=O) groups excluding carboxylic acids is 1. The number of amides is 1. The Morgan fingerprint density at radius 2 is 2.21 bits per heavy atom. The summed E-state index contributed by atoms with van der Waals surface area (Å²) in [6.45, 7) is 1.78. The second-order valence-corrected chi connectivity index (χ2v) is 6.05. The molecule has 1 N–H and O–H groups in total. The van der Waals surface area contributed by atoms with Gasteiger partial charge in [0, 0.05) is 6.54 Å². The van der Waals surface area contributed by atoms with Crippen LogP contribution in [-0.2, 0) is 14.6 Å². The maximum atomic E-state index is 11.3. The zero-order chi connectivity index (χ0) is 10.8. The van der Waals surface area contributed by atoms with Crippen LogP contribution in [0.1, 0.15) is 13.3 Å². The monoisotopic (exact) mass is 221 g/mol. The lowest BCUT2D eigenvalue weighted by Crippen LogP contribution is -2.47. The molecule has 14 heavy (non-hydrogen) atoms. The van der Waals surface area contributed by atoms with Crippen LogP contribution in [0.5, 0.6) is 0 Å². The summed E-state index contributed by atoms with van der Waals surface area (Å²) < 4.78 is 22.5. The molecule has 6 heteroatoms. The Hall–Kier alpha value is -0.620. The van der Waals surface area contributed by atoms with Gasteiger partial charge in [0.15, 0.2) is 9.84 Å². The lowest BCUT2D eigenvalue weighted by Gasteiger charge is -2.33. The van der Waals surface area contributed by atoms with Crippen molar-refractivity contribution in [3.8, 4) is 0 Å². The number of nitrogens with zero attached hydrogens (tertiary/aromatic N) is 1. The zero-order valence-corrected chi connectivity index (χ0v) is 8.96. The Balaban J connectivity index is 2.80. The molecule has 0 aliphatic carbocycles. The molecule has 0 saturated carbocycles. The van der Waals surface area contributed by atoms with Crippen molar-refractivity contribution < 1.29 is 18.3 Å². The van der Waals surface area contributed by atoms with Crippen LogP contribution in [0.3, 0.4) is 0 Å². The standard InChI is InChI=1S/C8H15NO4S/c1-8(9(7-11)3-4-10)2-5-14(12,13)6-8/h7,10H,2-6H2,1H3. The predicted octanol–water partition coefficient (Wildman–Crippen LogP) is -0.986. The smallest absolute Gasteiger partial charge is 0.210 e. The molecule has 0 aromatic carbocycles. The summed E-state index contributed by atoms with van der Waals surface area (Å²) in [4.78, 5) is 12.1. The van der Waals surface area contributed by atoms with E-state index in [-0.39, 0.29) is 24.7 Å². The maximum absolute atomic E-state index is 11.3. The SMILES string of the molecule is CC1(N(C=O)CCO)CCS(=O)(=O)C1. The van der Waals surface area contributed by atoms with E-state index >= 15 is 0 Å². The van der Waals surface area contributed by atoms with E-state index in [0.29, 0.717) is 12.8 Å². The molecule has 0 bridgehead atoms. The maximum Gasteiger partial charge on any atom is 0.210 e. The van der Waals surface area contributed by atoms with Crippen molar-refractivity contribution in [2.24, 2.45) is 0 Å². The van der Waals surface area contributed by atoms with Gasteiger partial charge in [0.2, 0.25) is 6.41 Å². The van der Waals surface area contributed by atoms with Gasteiger partial charge in [0.25, 0.3) is 0 Å². The van der Waals surface area contributed by atoms with E-state index in [1.54, 1.807) is 6.92 Å². The molecule has 1 aliphatic rings. The summed E-state index contributed by atoms with van der Waals surface area (Å²) in [5, 5.41) is 8.72. The molecule has 1 heterocycles. The molecule has 1 aliphatic heterocycles. The minimum absolute atomic E-state index is 0.00125. The molecular weight excluding hydrogens is 206 g/mol. The normalized spacial score (nSPS) is 30.1. The molecule has 1 rings (SSSR count). The molecule has 82 valence electrons. The average Bonchev–Trinajstić information content (AvgIpc) is 2.37. The fourth-order valence-corrected chi connectivity index (χ4v) is 3.93. The highest BCUT2D eigenvalue weighted by molar-refractivity contribution is 7.91. The Labute approximate surface area is 83.6 Å². The highest BCUT2D eigenvalue weighted by atomic mass is 32.2. The van der Waals surface area contributed by atoms with E-state index in [1.165, 1.54) is 4.90 Å². The van der Waals surface area contributed by atoms with Gasteiger partial charge in [-0.1, -0.05) is 0 Å². The summed E-state index contributed by atoms with van der Waals surface area (Å²) in [7, 11) is -3.01.